The predicted octanol–water partition coefficient (Wildman–Crippen LogP) is 3.23. The van der Waals surface area contributed by atoms with E-state index in [2.05, 4.69) is 26.1 Å². The number of aromatic nitrogens is 1. The fraction of sp³-hybridized carbons (Fsp3) is 0.533. The molecular formula is C15H22N2OS. The Bertz CT molecular complexity index is 592. The Morgan fingerprint density at radius 3 is 2.79 bits per heavy atom. The van der Waals surface area contributed by atoms with Gasteiger partial charge in [-0.1, -0.05) is 0 Å². The van der Waals surface area contributed by atoms with E-state index in [4.69, 9.17) is 0 Å². The summed E-state index contributed by atoms with van der Waals surface area (Å²) in [4.78, 5) is 12.2. The number of nitrogens with zero attached hydrogens (tertiary/aromatic N) is 1. The Morgan fingerprint density at radius 1 is 1.26 bits per heavy atom. The van der Waals surface area contributed by atoms with Crippen LogP contribution in [0.2, 0.25) is 0 Å². The number of aryl methyl sites for hydroxylation is 1. The van der Waals surface area contributed by atoms with Crippen LogP contribution in [0, 0.1) is 0 Å². The number of unbranched alkanes of at least 4 members (excludes halogenated alkanes) is 1. The molecule has 0 aromatic carbocycles. The summed E-state index contributed by atoms with van der Waals surface area (Å²) >= 11 is 1.62. The maximum atomic E-state index is 12.2. The van der Waals surface area contributed by atoms with Gasteiger partial charge in [-0.05, 0) is 57.7 Å². The zero-order valence-corrected chi connectivity index (χ0v) is 12.7. The van der Waals surface area contributed by atoms with E-state index in [1.165, 1.54) is 0 Å². The van der Waals surface area contributed by atoms with E-state index < -0.39 is 0 Å². The lowest BCUT2D eigenvalue weighted by Crippen LogP contribution is -2.36. The highest BCUT2D eigenvalue weighted by Crippen LogP contribution is 2.16. The Hall–Kier alpha value is -1.13. The van der Waals surface area contributed by atoms with Gasteiger partial charge in [0.15, 0.2) is 0 Å². The zero-order valence-electron chi connectivity index (χ0n) is 11.9. The predicted molar refractivity (Wildman–Crippen MR) is 83.1 cm³/mol. The highest BCUT2D eigenvalue weighted by atomic mass is 32.1. The number of fused-ring (bicyclic) bond motifs is 1. The molecule has 0 aliphatic carbocycles. The second kappa shape index (κ2) is 5.88. The van der Waals surface area contributed by atoms with Crippen LogP contribution in [0.4, 0.5) is 0 Å². The molecule has 2 heterocycles. The molecule has 104 valence electrons. The number of hydrogen-bond acceptors (Lipinski definition) is 3. The van der Waals surface area contributed by atoms with E-state index in [0.29, 0.717) is 0 Å². The molecule has 19 heavy (non-hydrogen) atoms. The highest BCUT2D eigenvalue weighted by Gasteiger charge is 2.07. The van der Waals surface area contributed by atoms with Crippen molar-refractivity contribution in [1.29, 1.82) is 0 Å². The molecule has 2 aromatic heterocycles. The molecule has 1 N–H and O–H groups in total. The van der Waals surface area contributed by atoms with E-state index in [9.17, 15) is 4.79 Å². The Kier molecular flexibility index (Phi) is 4.42. The van der Waals surface area contributed by atoms with Gasteiger partial charge in [-0.15, -0.1) is 11.3 Å². The van der Waals surface area contributed by atoms with Gasteiger partial charge in [-0.3, -0.25) is 4.79 Å². The summed E-state index contributed by atoms with van der Waals surface area (Å²) in [6.45, 7) is 8.31. The van der Waals surface area contributed by atoms with Crippen LogP contribution in [0.15, 0.2) is 28.5 Å². The SMILES string of the molecule is CC(C)(C)NCCCCn1ccc2sccc2c1=O. The maximum Gasteiger partial charge on any atom is 0.259 e. The standard InChI is InChI=1S/C15H22N2OS/c1-15(2,3)16-8-4-5-9-17-10-6-13-12(14(17)18)7-11-19-13/h6-7,10-11,16H,4-5,8-9H2,1-3H3. The normalized spacial score (nSPS) is 12.2. The van der Waals surface area contributed by atoms with Crippen LogP contribution in [0.25, 0.3) is 10.1 Å². The van der Waals surface area contributed by atoms with Gasteiger partial charge >= 0.3 is 0 Å². The molecule has 0 spiro atoms. The Balaban J connectivity index is 1.88. The van der Waals surface area contributed by atoms with E-state index >= 15 is 0 Å². The van der Waals surface area contributed by atoms with Crippen LogP contribution in [-0.2, 0) is 6.54 Å². The molecule has 2 rings (SSSR count). The van der Waals surface area contributed by atoms with Gasteiger partial charge in [0.2, 0.25) is 0 Å². The fourth-order valence-corrected chi connectivity index (χ4v) is 2.83. The van der Waals surface area contributed by atoms with Crippen LogP contribution in [0.5, 0.6) is 0 Å². The summed E-state index contributed by atoms with van der Waals surface area (Å²) in [7, 11) is 0. The quantitative estimate of drug-likeness (QED) is 0.852. The summed E-state index contributed by atoms with van der Waals surface area (Å²) in [6.07, 6.45) is 4.03. The van der Waals surface area contributed by atoms with Gasteiger partial charge in [0.1, 0.15) is 0 Å². The number of pyridine rings is 1. The molecule has 0 atom stereocenters. The first kappa shape index (κ1) is 14.3. The molecule has 3 nitrogen and oxygen atoms in total. The van der Waals surface area contributed by atoms with E-state index in [1.807, 2.05) is 28.3 Å². The fourth-order valence-electron chi connectivity index (χ4n) is 2.05. The summed E-state index contributed by atoms with van der Waals surface area (Å²) in [5.41, 5.74) is 0.314. The van der Waals surface area contributed by atoms with Gasteiger partial charge in [-0.25, -0.2) is 0 Å². The largest absolute Gasteiger partial charge is 0.315 e. The zero-order chi connectivity index (χ0) is 13.9. The second-order valence-corrected chi connectivity index (χ2v) is 6.84. The van der Waals surface area contributed by atoms with Crippen molar-refractivity contribution in [3.8, 4) is 0 Å². The summed E-state index contributed by atoms with van der Waals surface area (Å²) in [6, 6.07) is 3.95. The number of thiophene rings is 1. The third-order valence-corrected chi connectivity index (χ3v) is 3.96. The third-order valence-electron chi connectivity index (χ3n) is 3.07. The van der Waals surface area contributed by atoms with Crippen molar-refractivity contribution in [2.24, 2.45) is 0 Å². The van der Waals surface area contributed by atoms with Crippen molar-refractivity contribution < 1.29 is 0 Å². The molecule has 0 amide bonds. The number of nitrogens with one attached hydrogen (secondary N) is 1. The highest BCUT2D eigenvalue weighted by molar-refractivity contribution is 7.17. The lowest BCUT2D eigenvalue weighted by Gasteiger charge is -2.20. The first-order valence-corrected chi connectivity index (χ1v) is 7.67. The monoisotopic (exact) mass is 278 g/mol. The third kappa shape index (κ3) is 3.91. The molecule has 4 heteroatoms. The molecule has 2 aromatic rings. The van der Waals surface area contributed by atoms with E-state index in [-0.39, 0.29) is 11.1 Å². The molecule has 0 aliphatic heterocycles. The van der Waals surface area contributed by atoms with Crippen molar-refractivity contribution in [2.75, 3.05) is 6.54 Å². The molecule has 0 fully saturated rings. The lowest BCUT2D eigenvalue weighted by molar-refractivity contribution is 0.413. The topological polar surface area (TPSA) is 34.0 Å². The first-order valence-electron chi connectivity index (χ1n) is 6.79. The molecule has 0 saturated carbocycles. The molecule has 0 unspecified atom stereocenters. The summed E-state index contributed by atoms with van der Waals surface area (Å²) in [5.74, 6) is 0. The van der Waals surface area contributed by atoms with Crippen LogP contribution < -0.4 is 10.9 Å². The van der Waals surface area contributed by atoms with Gasteiger partial charge in [-0.2, -0.15) is 0 Å². The first-order chi connectivity index (χ1) is 8.97. The van der Waals surface area contributed by atoms with Crippen molar-refractivity contribution in [2.45, 2.75) is 45.7 Å². The van der Waals surface area contributed by atoms with Crippen molar-refractivity contribution in [3.63, 3.8) is 0 Å². The number of hydrogen-bond donors (Lipinski definition) is 1. The minimum absolute atomic E-state index is 0.141. The van der Waals surface area contributed by atoms with E-state index in [1.54, 1.807) is 11.3 Å². The molecule has 0 radical (unpaired) electrons. The molecule has 0 aliphatic rings. The summed E-state index contributed by atoms with van der Waals surface area (Å²) in [5, 5.41) is 6.29. The van der Waals surface area contributed by atoms with Crippen molar-refractivity contribution in [3.05, 3.63) is 34.1 Å². The number of rotatable bonds is 5. The average Bonchev–Trinajstić information content (AvgIpc) is 2.79. The maximum absolute atomic E-state index is 12.2. The second-order valence-electron chi connectivity index (χ2n) is 5.90. The van der Waals surface area contributed by atoms with Crippen LogP contribution in [-0.4, -0.2) is 16.7 Å². The van der Waals surface area contributed by atoms with Crippen molar-refractivity contribution in [1.82, 2.24) is 9.88 Å². The van der Waals surface area contributed by atoms with Gasteiger partial charge < -0.3 is 9.88 Å². The van der Waals surface area contributed by atoms with Crippen LogP contribution >= 0.6 is 11.3 Å². The minimum Gasteiger partial charge on any atom is -0.315 e. The van der Waals surface area contributed by atoms with E-state index in [0.717, 1.165) is 36.0 Å². The Morgan fingerprint density at radius 2 is 2.05 bits per heavy atom. The Labute approximate surface area is 118 Å². The average molecular weight is 278 g/mol. The van der Waals surface area contributed by atoms with Gasteiger partial charge in [0, 0.05) is 23.0 Å². The van der Waals surface area contributed by atoms with Crippen molar-refractivity contribution >= 4 is 21.4 Å². The summed E-state index contributed by atoms with van der Waals surface area (Å²) < 4.78 is 2.90. The van der Waals surface area contributed by atoms with Crippen LogP contribution in [0.3, 0.4) is 0 Å². The van der Waals surface area contributed by atoms with Gasteiger partial charge in [0.05, 0.1) is 5.39 Å². The lowest BCUT2D eigenvalue weighted by atomic mass is 10.1. The molecular weight excluding hydrogens is 256 g/mol. The minimum atomic E-state index is 0.141. The molecule has 0 bridgehead atoms. The van der Waals surface area contributed by atoms with Gasteiger partial charge in [0.25, 0.3) is 5.56 Å². The van der Waals surface area contributed by atoms with Crippen LogP contribution in [0.1, 0.15) is 33.6 Å². The smallest absolute Gasteiger partial charge is 0.259 e. The molecule has 0 saturated heterocycles.